The largest absolute Gasteiger partial charge is 0.350 e. The molecule has 0 amide bonds. The van der Waals surface area contributed by atoms with Crippen molar-refractivity contribution in [2.24, 2.45) is 7.05 Å². The Kier molecular flexibility index (Phi) is 3.18. The van der Waals surface area contributed by atoms with Crippen molar-refractivity contribution in [2.75, 3.05) is 0 Å². The van der Waals surface area contributed by atoms with E-state index in [1.165, 1.54) is 0 Å². The van der Waals surface area contributed by atoms with Crippen LogP contribution < -0.4 is 0 Å². The van der Waals surface area contributed by atoms with Crippen LogP contribution in [0.5, 0.6) is 0 Å². The molecule has 0 saturated heterocycles. The third-order valence-electron chi connectivity index (χ3n) is 3.63. The first-order valence-electron chi connectivity index (χ1n) is 6.77. The summed E-state index contributed by atoms with van der Waals surface area (Å²) in [6, 6.07) is 14.6. The maximum absolute atomic E-state index is 12.5. The van der Waals surface area contributed by atoms with Crippen molar-refractivity contribution < 1.29 is 9.59 Å². The minimum absolute atomic E-state index is 0.423. The fraction of sp³-hybridized carbons (Fsp3) is 0.111. The van der Waals surface area contributed by atoms with Crippen molar-refractivity contribution in [3.05, 3.63) is 71.4 Å². The molecule has 1 aromatic heterocycles. The Morgan fingerprint density at radius 2 is 1.67 bits per heavy atom. The van der Waals surface area contributed by atoms with Crippen LogP contribution in [-0.2, 0) is 7.05 Å². The molecule has 0 fully saturated rings. The monoisotopic (exact) mass is 277 g/mol. The Hall–Kier alpha value is -2.68. The smallest absolute Gasteiger partial charge is 0.235 e. The predicted octanol–water partition coefficient (Wildman–Crippen LogP) is 3.55. The van der Waals surface area contributed by atoms with Crippen molar-refractivity contribution in [2.45, 2.75) is 6.92 Å². The van der Waals surface area contributed by atoms with Crippen molar-refractivity contribution >= 4 is 22.5 Å². The summed E-state index contributed by atoms with van der Waals surface area (Å²) in [5.41, 5.74) is 2.90. The van der Waals surface area contributed by atoms with Crippen LogP contribution in [0.15, 0.2) is 54.7 Å². The predicted molar refractivity (Wildman–Crippen MR) is 82.8 cm³/mol. The van der Waals surface area contributed by atoms with Gasteiger partial charge in [-0.2, -0.15) is 0 Å². The average molecular weight is 277 g/mol. The van der Waals surface area contributed by atoms with E-state index >= 15 is 0 Å². The number of carbonyl (C=O) groups is 2. The number of fused-ring (bicyclic) bond motifs is 1. The number of Topliss-reactive ketones (excluding diaryl/α,β-unsaturated/α-hetero) is 2. The number of rotatable bonds is 3. The van der Waals surface area contributed by atoms with Crippen LogP contribution in [0.3, 0.4) is 0 Å². The number of benzene rings is 2. The highest BCUT2D eigenvalue weighted by Gasteiger charge is 2.22. The van der Waals surface area contributed by atoms with Gasteiger partial charge < -0.3 is 4.57 Å². The Balaban J connectivity index is 2.10. The second kappa shape index (κ2) is 5.02. The minimum atomic E-state index is -0.468. The normalized spacial score (nSPS) is 10.8. The molecule has 3 nitrogen and oxygen atoms in total. The molecular formula is C18H15NO2. The lowest BCUT2D eigenvalue weighted by atomic mass is 10.0. The maximum atomic E-state index is 12.5. The average Bonchev–Trinajstić information content (AvgIpc) is 2.83. The zero-order chi connectivity index (χ0) is 15.0. The third-order valence-corrected chi connectivity index (χ3v) is 3.63. The van der Waals surface area contributed by atoms with E-state index < -0.39 is 11.6 Å². The van der Waals surface area contributed by atoms with Crippen LogP contribution in [-0.4, -0.2) is 16.1 Å². The summed E-state index contributed by atoms with van der Waals surface area (Å²) >= 11 is 0. The zero-order valence-corrected chi connectivity index (χ0v) is 12.0. The lowest BCUT2D eigenvalue weighted by molar-refractivity contribution is 0.0818. The molecule has 0 N–H and O–H groups in total. The molecule has 0 radical (unpaired) electrons. The highest BCUT2D eigenvalue weighted by Crippen LogP contribution is 2.23. The molecule has 0 aliphatic rings. The van der Waals surface area contributed by atoms with Gasteiger partial charge in [0.05, 0.1) is 5.56 Å². The van der Waals surface area contributed by atoms with Crippen molar-refractivity contribution in [3.8, 4) is 0 Å². The van der Waals surface area contributed by atoms with Crippen molar-refractivity contribution in [1.29, 1.82) is 0 Å². The van der Waals surface area contributed by atoms with Crippen LogP contribution in [0, 0.1) is 6.92 Å². The van der Waals surface area contributed by atoms with Gasteiger partial charge in [-0.1, -0.05) is 42.0 Å². The summed E-state index contributed by atoms with van der Waals surface area (Å²) < 4.78 is 1.88. The van der Waals surface area contributed by atoms with Gasteiger partial charge in [0.2, 0.25) is 11.6 Å². The van der Waals surface area contributed by atoms with E-state index in [2.05, 4.69) is 0 Å². The Morgan fingerprint density at radius 3 is 2.38 bits per heavy atom. The number of hydrogen-bond acceptors (Lipinski definition) is 2. The summed E-state index contributed by atoms with van der Waals surface area (Å²) in [6.07, 6.45) is 1.73. The molecule has 1 heterocycles. The van der Waals surface area contributed by atoms with Crippen molar-refractivity contribution in [3.63, 3.8) is 0 Å². The second-order valence-electron chi connectivity index (χ2n) is 5.20. The third kappa shape index (κ3) is 2.27. The quantitative estimate of drug-likeness (QED) is 0.542. The molecule has 104 valence electrons. The molecule has 0 bridgehead atoms. The van der Waals surface area contributed by atoms with Crippen LogP contribution in [0.25, 0.3) is 10.9 Å². The van der Waals surface area contributed by atoms with Gasteiger partial charge in [-0.05, 0) is 19.1 Å². The molecule has 3 heteroatoms. The standard InChI is InChI=1S/C18H15NO2/c1-12-8-9-16-14(10-12)15(11-19(16)2)18(21)17(20)13-6-4-3-5-7-13/h3-11H,1-2H3. The van der Waals surface area contributed by atoms with E-state index in [4.69, 9.17) is 0 Å². The summed E-state index contributed by atoms with van der Waals surface area (Å²) in [5, 5.41) is 0.826. The van der Waals surface area contributed by atoms with Gasteiger partial charge in [0.25, 0.3) is 0 Å². The van der Waals surface area contributed by atoms with Gasteiger partial charge in [-0.3, -0.25) is 9.59 Å². The van der Waals surface area contributed by atoms with Gasteiger partial charge >= 0.3 is 0 Å². The van der Waals surface area contributed by atoms with Crippen molar-refractivity contribution in [1.82, 2.24) is 4.57 Å². The molecule has 0 atom stereocenters. The van der Waals surface area contributed by atoms with E-state index in [0.717, 1.165) is 16.5 Å². The molecule has 0 saturated carbocycles. The first-order valence-corrected chi connectivity index (χ1v) is 6.77. The van der Waals surface area contributed by atoms with Gasteiger partial charge in [0, 0.05) is 29.7 Å². The fourth-order valence-corrected chi connectivity index (χ4v) is 2.53. The Morgan fingerprint density at radius 1 is 0.952 bits per heavy atom. The van der Waals surface area contributed by atoms with Gasteiger partial charge in [0.1, 0.15) is 0 Å². The summed E-state index contributed by atoms with van der Waals surface area (Å²) in [7, 11) is 1.88. The highest BCUT2D eigenvalue weighted by atomic mass is 16.2. The van der Waals surface area contributed by atoms with Gasteiger partial charge in [-0.15, -0.1) is 0 Å². The SMILES string of the molecule is Cc1ccc2c(c1)c(C(=O)C(=O)c1ccccc1)cn2C. The molecule has 0 aliphatic carbocycles. The molecule has 0 spiro atoms. The summed E-state index contributed by atoms with van der Waals surface area (Å²) in [6.45, 7) is 1.97. The number of ketones is 2. The lowest BCUT2D eigenvalue weighted by Gasteiger charge is -2.00. The Bertz CT molecular complexity index is 844. The molecule has 3 rings (SSSR count). The number of hydrogen-bond donors (Lipinski definition) is 0. The Labute approximate surface area is 122 Å². The molecule has 2 aromatic carbocycles. The highest BCUT2D eigenvalue weighted by molar-refractivity contribution is 6.50. The van der Waals surface area contributed by atoms with Crippen LogP contribution in [0.2, 0.25) is 0 Å². The molecule has 0 unspecified atom stereocenters. The molecular weight excluding hydrogens is 262 g/mol. The van der Waals surface area contributed by atoms with E-state index in [-0.39, 0.29) is 0 Å². The van der Waals surface area contributed by atoms with Crippen LogP contribution >= 0.6 is 0 Å². The van der Waals surface area contributed by atoms with Crippen LogP contribution in [0.4, 0.5) is 0 Å². The lowest BCUT2D eigenvalue weighted by Crippen LogP contribution is -2.14. The van der Waals surface area contributed by atoms with Gasteiger partial charge in [0.15, 0.2) is 0 Å². The topological polar surface area (TPSA) is 39.1 Å². The van der Waals surface area contributed by atoms with Gasteiger partial charge in [-0.25, -0.2) is 0 Å². The van der Waals surface area contributed by atoms with E-state index in [9.17, 15) is 9.59 Å². The molecule has 0 aliphatic heterocycles. The molecule has 3 aromatic rings. The summed E-state index contributed by atoms with van der Waals surface area (Å²) in [5.74, 6) is -0.929. The molecule has 21 heavy (non-hydrogen) atoms. The maximum Gasteiger partial charge on any atom is 0.235 e. The number of nitrogens with zero attached hydrogens (tertiary/aromatic N) is 1. The number of aromatic nitrogens is 1. The minimum Gasteiger partial charge on any atom is -0.350 e. The first-order chi connectivity index (χ1) is 10.1. The summed E-state index contributed by atoms with van der Waals surface area (Å²) in [4.78, 5) is 24.8. The second-order valence-corrected chi connectivity index (χ2v) is 5.20. The fourth-order valence-electron chi connectivity index (χ4n) is 2.53. The number of aryl methyl sites for hydroxylation is 2. The van der Waals surface area contributed by atoms with E-state index in [0.29, 0.717) is 11.1 Å². The van der Waals surface area contributed by atoms with E-state index in [1.54, 1.807) is 30.5 Å². The van der Waals surface area contributed by atoms with E-state index in [1.807, 2.05) is 42.8 Å². The number of carbonyl (C=O) groups excluding carboxylic acids is 2. The van der Waals surface area contributed by atoms with Crippen LogP contribution in [0.1, 0.15) is 26.3 Å². The zero-order valence-electron chi connectivity index (χ0n) is 12.0. The first kappa shape index (κ1) is 13.3.